The van der Waals surface area contributed by atoms with Crippen LogP contribution in [-0.2, 0) is 0 Å². The largest absolute Gasteiger partial charge is 0.392 e. The number of nitrogens with two attached hydrogens (primary N) is 1. The van der Waals surface area contributed by atoms with Crippen molar-refractivity contribution in [2.24, 2.45) is 0 Å². The molecule has 0 aliphatic heterocycles. The maximum Gasteiger partial charge on any atom is 0.351 e. The molecule has 0 aromatic carbocycles. The van der Waals surface area contributed by atoms with Gasteiger partial charge in [-0.1, -0.05) is 0 Å². The van der Waals surface area contributed by atoms with Gasteiger partial charge in [0, 0.05) is 11.8 Å². The molecule has 1 unspecified atom stereocenters. The molecule has 0 spiro atoms. The van der Waals surface area contributed by atoms with Gasteiger partial charge in [-0.15, -0.1) is 0 Å². The summed E-state index contributed by atoms with van der Waals surface area (Å²) in [6, 6.07) is 1.24. The number of halogens is 1. The molecule has 0 saturated heterocycles. The second-order valence-electron chi connectivity index (χ2n) is 3.62. The number of aromatic nitrogens is 2. The van der Waals surface area contributed by atoms with Gasteiger partial charge in [-0.05, 0) is 13.0 Å². The number of allylic oxidation sites excluding steroid dienone is 1. The summed E-state index contributed by atoms with van der Waals surface area (Å²) in [4.78, 5) is 14.7. The van der Waals surface area contributed by atoms with E-state index in [0.29, 0.717) is 4.57 Å². The molecule has 1 rings (SSSR count). The van der Waals surface area contributed by atoms with E-state index in [1.54, 1.807) is 0 Å². The number of nitrogens with zero attached hydrogens (tertiary/aromatic N) is 2. The van der Waals surface area contributed by atoms with Gasteiger partial charge in [-0.2, -0.15) is 4.98 Å². The minimum atomic E-state index is -1.77. The van der Waals surface area contributed by atoms with Crippen LogP contribution in [0, 0.1) is 0 Å². The van der Waals surface area contributed by atoms with Crippen LogP contribution < -0.4 is 11.4 Å². The molecule has 0 saturated carbocycles. The van der Waals surface area contributed by atoms with Gasteiger partial charge in [0.15, 0.2) is 6.23 Å². The molecule has 0 bridgehead atoms. The smallest absolute Gasteiger partial charge is 0.351 e. The van der Waals surface area contributed by atoms with Crippen LogP contribution in [0.15, 0.2) is 28.5 Å². The molecule has 1 aromatic heterocycles. The first-order chi connectivity index (χ1) is 8.38. The highest BCUT2D eigenvalue weighted by Gasteiger charge is 2.24. The molecular formula is C10H14FN3O4. The quantitative estimate of drug-likeness (QED) is 0.545. The summed E-state index contributed by atoms with van der Waals surface area (Å²) in [6.07, 6.45) is -2.41. The van der Waals surface area contributed by atoms with E-state index in [9.17, 15) is 19.4 Å². The average Bonchev–Trinajstić information content (AvgIpc) is 2.28. The van der Waals surface area contributed by atoms with Gasteiger partial charge in [0.2, 0.25) is 0 Å². The highest BCUT2D eigenvalue weighted by atomic mass is 19.1. The summed E-state index contributed by atoms with van der Waals surface area (Å²) in [5.74, 6) is -0.877. The lowest BCUT2D eigenvalue weighted by atomic mass is 10.1. The molecule has 0 amide bonds. The summed E-state index contributed by atoms with van der Waals surface area (Å²) in [7, 11) is 0. The Morgan fingerprint density at radius 1 is 1.61 bits per heavy atom. The Hall–Kier alpha value is -1.77. The number of aliphatic hydroxyl groups is 3. The van der Waals surface area contributed by atoms with Crippen molar-refractivity contribution in [3.05, 3.63) is 34.1 Å². The van der Waals surface area contributed by atoms with Crippen molar-refractivity contribution in [3.63, 3.8) is 0 Å². The molecule has 5 N–H and O–H groups in total. The summed E-state index contributed by atoms with van der Waals surface area (Å²) >= 11 is 0. The van der Waals surface area contributed by atoms with Gasteiger partial charge < -0.3 is 21.1 Å². The van der Waals surface area contributed by atoms with Crippen LogP contribution in [0.2, 0.25) is 0 Å². The normalized spacial score (nSPS) is 16.1. The van der Waals surface area contributed by atoms with Crippen LogP contribution in [0.1, 0.15) is 13.2 Å². The van der Waals surface area contributed by atoms with E-state index >= 15 is 0 Å². The first-order valence-electron chi connectivity index (χ1n) is 5.05. The Bertz CT molecular complexity index is 510. The van der Waals surface area contributed by atoms with Crippen LogP contribution in [0.3, 0.4) is 0 Å². The molecule has 2 atom stereocenters. The van der Waals surface area contributed by atoms with Crippen LogP contribution in [-0.4, -0.2) is 37.6 Å². The van der Waals surface area contributed by atoms with Gasteiger partial charge in [0.1, 0.15) is 17.7 Å². The van der Waals surface area contributed by atoms with Gasteiger partial charge in [0.05, 0.1) is 6.61 Å². The molecule has 0 aliphatic rings. The topological polar surface area (TPSA) is 122 Å². The number of aliphatic hydroxyl groups excluding tert-OH is 3. The Morgan fingerprint density at radius 3 is 2.67 bits per heavy atom. The molecule has 1 aromatic rings. The van der Waals surface area contributed by atoms with Crippen LogP contribution in [0.4, 0.5) is 10.2 Å². The second-order valence-corrected chi connectivity index (χ2v) is 3.62. The molecule has 100 valence electrons. The summed E-state index contributed by atoms with van der Waals surface area (Å²) in [5.41, 5.74) is 3.96. The third-order valence-electron chi connectivity index (χ3n) is 2.39. The molecule has 1 heterocycles. The van der Waals surface area contributed by atoms with E-state index in [4.69, 9.17) is 10.8 Å². The molecular weight excluding hydrogens is 245 g/mol. The van der Waals surface area contributed by atoms with Crippen LogP contribution in [0.5, 0.6) is 0 Å². The minimum Gasteiger partial charge on any atom is -0.392 e. The number of anilines is 1. The van der Waals surface area contributed by atoms with E-state index in [2.05, 4.69) is 4.98 Å². The Kier molecular flexibility index (Phi) is 4.54. The third kappa shape index (κ3) is 2.92. The standard InChI is InChI=1S/C10H14FN3O4/c1-5(11)6(4-15)8(16)9(17)14-3-2-7(12)13-10(14)18/h2-3,8-9,15-17H,4H2,1H3,(H2,12,13,18)/b6-5+/t8-,9?/m1/s1. The van der Waals surface area contributed by atoms with E-state index in [-0.39, 0.29) is 5.82 Å². The van der Waals surface area contributed by atoms with Crippen molar-refractivity contribution in [2.45, 2.75) is 19.3 Å². The van der Waals surface area contributed by atoms with E-state index in [1.165, 1.54) is 6.07 Å². The Balaban J connectivity index is 3.11. The lowest BCUT2D eigenvalue weighted by Crippen LogP contribution is -2.35. The summed E-state index contributed by atoms with van der Waals surface area (Å²) in [6.45, 7) is 0.239. The van der Waals surface area contributed by atoms with Crippen molar-refractivity contribution in [1.82, 2.24) is 9.55 Å². The zero-order valence-electron chi connectivity index (χ0n) is 9.62. The van der Waals surface area contributed by atoms with Gasteiger partial charge in [0.25, 0.3) is 0 Å². The Labute approximate surface area is 102 Å². The van der Waals surface area contributed by atoms with Crippen LogP contribution in [0.25, 0.3) is 0 Å². The fourth-order valence-corrected chi connectivity index (χ4v) is 1.37. The highest BCUT2D eigenvalue weighted by Crippen LogP contribution is 2.18. The first-order valence-corrected chi connectivity index (χ1v) is 5.05. The average molecular weight is 259 g/mol. The SMILES string of the molecule is C/C(F)=C(/CO)[C@@H](O)C(O)n1ccc(N)nc1=O. The van der Waals surface area contributed by atoms with E-state index in [1.807, 2.05) is 0 Å². The lowest BCUT2D eigenvalue weighted by molar-refractivity contribution is -0.0172. The molecule has 7 nitrogen and oxygen atoms in total. The molecule has 0 radical (unpaired) electrons. The third-order valence-corrected chi connectivity index (χ3v) is 2.39. The fraction of sp³-hybridized carbons (Fsp3) is 0.400. The van der Waals surface area contributed by atoms with Gasteiger partial charge >= 0.3 is 5.69 Å². The predicted molar refractivity (Wildman–Crippen MR) is 61.1 cm³/mol. The van der Waals surface area contributed by atoms with Crippen molar-refractivity contribution in [3.8, 4) is 0 Å². The summed E-state index contributed by atoms with van der Waals surface area (Å²) < 4.78 is 13.7. The second kappa shape index (κ2) is 5.71. The first kappa shape index (κ1) is 14.3. The number of nitrogen functional groups attached to an aromatic ring is 1. The molecule has 0 fully saturated rings. The van der Waals surface area contributed by atoms with Crippen molar-refractivity contribution < 1.29 is 19.7 Å². The van der Waals surface area contributed by atoms with E-state index in [0.717, 1.165) is 13.1 Å². The molecule has 18 heavy (non-hydrogen) atoms. The number of rotatable bonds is 4. The number of hydrogen-bond acceptors (Lipinski definition) is 6. The summed E-state index contributed by atoms with van der Waals surface area (Å²) in [5, 5.41) is 28.3. The number of hydrogen-bond donors (Lipinski definition) is 4. The monoisotopic (exact) mass is 259 g/mol. The van der Waals surface area contributed by atoms with E-state index < -0.39 is 36.0 Å². The Morgan fingerprint density at radius 2 is 2.22 bits per heavy atom. The maximum atomic E-state index is 13.0. The zero-order valence-corrected chi connectivity index (χ0v) is 9.62. The van der Waals surface area contributed by atoms with Crippen LogP contribution >= 0.6 is 0 Å². The van der Waals surface area contributed by atoms with Gasteiger partial charge in [-0.3, -0.25) is 4.57 Å². The van der Waals surface area contributed by atoms with Crippen molar-refractivity contribution in [1.29, 1.82) is 0 Å². The molecule has 8 heteroatoms. The van der Waals surface area contributed by atoms with Crippen molar-refractivity contribution >= 4 is 5.82 Å². The highest BCUT2D eigenvalue weighted by molar-refractivity contribution is 5.24. The van der Waals surface area contributed by atoms with Crippen molar-refractivity contribution in [2.75, 3.05) is 12.3 Å². The molecule has 0 aliphatic carbocycles. The maximum absolute atomic E-state index is 13.0. The van der Waals surface area contributed by atoms with Gasteiger partial charge in [-0.25, -0.2) is 9.18 Å². The zero-order chi connectivity index (χ0) is 13.9. The minimum absolute atomic E-state index is 0.0439. The predicted octanol–water partition coefficient (Wildman–Crippen LogP) is -1.09. The lowest BCUT2D eigenvalue weighted by Gasteiger charge is -2.21. The fourth-order valence-electron chi connectivity index (χ4n) is 1.37.